The molecule has 0 spiro atoms. The van der Waals surface area contributed by atoms with Gasteiger partial charge in [-0.1, -0.05) is 62.4 Å². The fraction of sp³-hybridized carbons (Fsp3) is 0.308. The minimum absolute atomic E-state index is 0.0977. The van der Waals surface area contributed by atoms with Crippen molar-refractivity contribution in [1.82, 2.24) is 20.6 Å². The summed E-state index contributed by atoms with van der Waals surface area (Å²) in [5.41, 5.74) is 4.99. The zero-order valence-electron chi connectivity index (χ0n) is 19.5. The van der Waals surface area contributed by atoms with Crippen molar-refractivity contribution in [1.29, 1.82) is 0 Å². The van der Waals surface area contributed by atoms with Gasteiger partial charge in [0.25, 0.3) is 0 Å². The second-order valence-electron chi connectivity index (χ2n) is 8.87. The van der Waals surface area contributed by atoms with E-state index < -0.39 is 30.1 Å². The maximum absolute atomic E-state index is 12.9. The summed E-state index contributed by atoms with van der Waals surface area (Å²) in [6, 6.07) is 13.9. The molecule has 2 aromatic carbocycles. The first-order valence-corrected chi connectivity index (χ1v) is 11.5. The molecule has 4 rings (SSSR count). The average molecular weight is 477 g/mol. The number of hydrogen-bond acceptors (Lipinski definition) is 5. The second-order valence-corrected chi connectivity index (χ2v) is 8.87. The van der Waals surface area contributed by atoms with Gasteiger partial charge in [-0.05, 0) is 28.2 Å². The van der Waals surface area contributed by atoms with E-state index in [2.05, 4.69) is 20.6 Å². The largest absolute Gasteiger partial charge is 0.480 e. The Morgan fingerprint density at radius 2 is 1.66 bits per heavy atom. The van der Waals surface area contributed by atoms with Crippen molar-refractivity contribution in [2.45, 2.75) is 38.3 Å². The number of aromatic amines is 1. The Kier molecular flexibility index (Phi) is 7.14. The molecule has 3 aromatic rings. The highest BCUT2D eigenvalue weighted by molar-refractivity contribution is 5.89. The number of imidazole rings is 1. The summed E-state index contributed by atoms with van der Waals surface area (Å²) in [5.74, 6) is -2.21. The normalized spacial score (nSPS) is 14.0. The van der Waals surface area contributed by atoms with Crippen LogP contribution in [-0.4, -0.2) is 51.7 Å². The Bertz CT molecular complexity index is 1160. The van der Waals surface area contributed by atoms with E-state index in [0.29, 0.717) is 5.69 Å². The van der Waals surface area contributed by atoms with Crippen molar-refractivity contribution in [3.05, 3.63) is 77.9 Å². The van der Waals surface area contributed by atoms with E-state index >= 15 is 0 Å². The molecule has 2 atom stereocenters. The minimum Gasteiger partial charge on any atom is -0.480 e. The van der Waals surface area contributed by atoms with E-state index in [9.17, 15) is 19.5 Å². The summed E-state index contributed by atoms with van der Waals surface area (Å²) in [5, 5.41) is 14.5. The number of hydrogen-bond donors (Lipinski definition) is 4. The third kappa shape index (κ3) is 5.34. The number of rotatable bonds is 9. The zero-order chi connectivity index (χ0) is 24.9. The molecule has 0 fully saturated rings. The molecule has 9 heteroatoms. The number of ether oxygens (including phenoxy) is 1. The molecule has 35 heavy (non-hydrogen) atoms. The van der Waals surface area contributed by atoms with Gasteiger partial charge in [0.15, 0.2) is 0 Å². The van der Waals surface area contributed by atoms with Crippen LogP contribution in [0, 0.1) is 5.92 Å². The van der Waals surface area contributed by atoms with Gasteiger partial charge < -0.3 is 25.5 Å². The summed E-state index contributed by atoms with van der Waals surface area (Å²) in [6.07, 6.45) is 2.34. The predicted octanol–water partition coefficient (Wildman–Crippen LogP) is 3.08. The molecule has 4 N–H and O–H groups in total. The molecule has 0 saturated heterocycles. The van der Waals surface area contributed by atoms with E-state index in [1.165, 1.54) is 12.5 Å². The number of alkyl carbamates (subject to hydrolysis) is 1. The van der Waals surface area contributed by atoms with Crippen LogP contribution in [0.3, 0.4) is 0 Å². The van der Waals surface area contributed by atoms with Crippen LogP contribution < -0.4 is 10.6 Å². The highest BCUT2D eigenvalue weighted by Crippen LogP contribution is 2.44. The Hall–Kier alpha value is -4.14. The first-order chi connectivity index (χ1) is 16.8. The van der Waals surface area contributed by atoms with Crippen LogP contribution in [0.5, 0.6) is 0 Å². The van der Waals surface area contributed by atoms with Crippen molar-refractivity contribution < 1.29 is 24.2 Å². The maximum Gasteiger partial charge on any atom is 0.407 e. The van der Waals surface area contributed by atoms with Gasteiger partial charge in [0.1, 0.15) is 18.7 Å². The Morgan fingerprint density at radius 1 is 1.03 bits per heavy atom. The third-order valence-corrected chi connectivity index (χ3v) is 6.16. The highest BCUT2D eigenvalue weighted by Gasteiger charge is 2.31. The molecule has 0 aliphatic heterocycles. The van der Waals surface area contributed by atoms with E-state index in [-0.39, 0.29) is 24.9 Å². The quantitative estimate of drug-likeness (QED) is 0.375. The highest BCUT2D eigenvalue weighted by atomic mass is 16.5. The van der Waals surface area contributed by atoms with Gasteiger partial charge in [0.05, 0.1) is 6.33 Å². The molecule has 2 amide bonds. The number of fused-ring (bicyclic) bond motifs is 3. The topological polar surface area (TPSA) is 133 Å². The molecule has 0 unspecified atom stereocenters. The number of aliphatic carboxylic acids is 1. The number of carboxylic acids is 1. The lowest BCUT2D eigenvalue weighted by Gasteiger charge is -2.23. The van der Waals surface area contributed by atoms with Crippen LogP contribution in [0.2, 0.25) is 0 Å². The van der Waals surface area contributed by atoms with Crippen molar-refractivity contribution >= 4 is 18.0 Å². The fourth-order valence-corrected chi connectivity index (χ4v) is 4.38. The molecule has 182 valence electrons. The van der Waals surface area contributed by atoms with E-state index in [0.717, 1.165) is 22.3 Å². The predicted molar refractivity (Wildman–Crippen MR) is 129 cm³/mol. The number of carbonyl (C=O) groups excluding carboxylic acids is 2. The van der Waals surface area contributed by atoms with Crippen LogP contribution in [0.4, 0.5) is 4.79 Å². The Labute approximate surface area is 202 Å². The number of H-pyrrole nitrogens is 1. The smallest absolute Gasteiger partial charge is 0.407 e. The molecule has 0 radical (unpaired) electrons. The number of aromatic nitrogens is 2. The summed E-state index contributed by atoms with van der Waals surface area (Å²) >= 11 is 0. The lowest BCUT2D eigenvalue weighted by atomic mass is 9.98. The lowest BCUT2D eigenvalue weighted by molar-refractivity contribution is -0.143. The molecule has 0 bridgehead atoms. The van der Waals surface area contributed by atoms with Crippen LogP contribution in [0.25, 0.3) is 11.1 Å². The molecule has 0 saturated carbocycles. The van der Waals surface area contributed by atoms with Crippen LogP contribution in [0.15, 0.2) is 61.1 Å². The molecule has 9 nitrogen and oxygen atoms in total. The Morgan fingerprint density at radius 3 is 2.20 bits per heavy atom. The van der Waals surface area contributed by atoms with Crippen molar-refractivity contribution in [2.75, 3.05) is 6.61 Å². The number of nitrogens with one attached hydrogen (secondary N) is 3. The first kappa shape index (κ1) is 24.0. The van der Waals surface area contributed by atoms with Crippen molar-refractivity contribution in [2.24, 2.45) is 5.92 Å². The number of amides is 2. The van der Waals surface area contributed by atoms with Crippen molar-refractivity contribution in [3.63, 3.8) is 0 Å². The third-order valence-electron chi connectivity index (χ3n) is 6.16. The number of carbonyl (C=O) groups is 3. The zero-order valence-corrected chi connectivity index (χ0v) is 19.5. The summed E-state index contributed by atoms with van der Waals surface area (Å²) in [7, 11) is 0. The van der Waals surface area contributed by atoms with E-state index in [1.807, 2.05) is 48.5 Å². The minimum atomic E-state index is -1.14. The summed E-state index contributed by atoms with van der Waals surface area (Å²) < 4.78 is 5.57. The van der Waals surface area contributed by atoms with Crippen LogP contribution in [-0.2, 0) is 20.7 Å². The van der Waals surface area contributed by atoms with Gasteiger partial charge >= 0.3 is 12.1 Å². The van der Waals surface area contributed by atoms with Crippen LogP contribution in [0.1, 0.15) is 36.6 Å². The van der Waals surface area contributed by atoms with Gasteiger partial charge in [-0.2, -0.15) is 0 Å². The van der Waals surface area contributed by atoms with Gasteiger partial charge in [-0.25, -0.2) is 14.6 Å². The SMILES string of the molecule is CC(C)[C@H](NC(=O)[C@H](Cc1cnc[nH]1)NC(=O)OCC1c2ccccc2-c2ccccc21)C(=O)O. The fourth-order valence-electron chi connectivity index (χ4n) is 4.38. The van der Waals surface area contributed by atoms with Crippen LogP contribution >= 0.6 is 0 Å². The Balaban J connectivity index is 1.45. The average Bonchev–Trinajstić information content (AvgIpc) is 3.46. The summed E-state index contributed by atoms with van der Waals surface area (Å²) in [4.78, 5) is 44.1. The van der Waals surface area contributed by atoms with Gasteiger partial charge in [0.2, 0.25) is 5.91 Å². The molecule has 1 heterocycles. The standard InChI is InChI=1S/C26H28N4O5/c1-15(2)23(25(32)33)30-24(31)22(11-16-12-27-14-28-16)29-26(34)35-13-21-19-9-5-3-7-17(19)18-8-4-6-10-20(18)21/h3-10,12,14-15,21-23H,11,13H2,1-2H3,(H,27,28)(H,29,34)(H,30,31)(H,32,33)/t22-,23-/m0/s1. The molecular weight excluding hydrogens is 448 g/mol. The lowest BCUT2D eigenvalue weighted by Crippen LogP contribution is -2.54. The first-order valence-electron chi connectivity index (χ1n) is 11.5. The van der Waals surface area contributed by atoms with Gasteiger partial charge in [0, 0.05) is 24.2 Å². The molecule has 1 aliphatic rings. The van der Waals surface area contributed by atoms with Crippen molar-refractivity contribution in [3.8, 4) is 11.1 Å². The maximum atomic E-state index is 12.9. The number of benzene rings is 2. The van der Waals surface area contributed by atoms with E-state index in [4.69, 9.17) is 4.74 Å². The monoisotopic (exact) mass is 476 g/mol. The van der Waals surface area contributed by atoms with E-state index in [1.54, 1.807) is 13.8 Å². The van der Waals surface area contributed by atoms with Gasteiger partial charge in [-0.3, -0.25) is 4.79 Å². The molecule has 1 aliphatic carbocycles. The van der Waals surface area contributed by atoms with Gasteiger partial charge in [-0.15, -0.1) is 0 Å². The number of carboxylic acid groups (broad SMARTS) is 1. The second kappa shape index (κ2) is 10.4. The number of nitrogens with zero attached hydrogens (tertiary/aromatic N) is 1. The summed E-state index contributed by atoms with van der Waals surface area (Å²) in [6.45, 7) is 3.49. The molecule has 1 aromatic heterocycles. The molecular formula is C26H28N4O5.